The van der Waals surface area contributed by atoms with Crippen LogP contribution in [0.15, 0.2) is 5.10 Å². The van der Waals surface area contributed by atoms with E-state index in [4.69, 9.17) is 5.11 Å². The van der Waals surface area contributed by atoms with E-state index in [9.17, 15) is 19.2 Å². The predicted molar refractivity (Wildman–Crippen MR) is 58.5 cm³/mol. The molecule has 0 spiro atoms. The van der Waals surface area contributed by atoms with E-state index in [1.54, 1.807) is 0 Å². The van der Waals surface area contributed by atoms with Gasteiger partial charge in [-0.15, -0.1) is 0 Å². The molecule has 1 rings (SSSR count). The van der Waals surface area contributed by atoms with Crippen molar-refractivity contribution < 1.29 is 24.3 Å². The number of carboxylic acids is 1. The number of amides is 3. The molecular formula is C9H12N4O5. The van der Waals surface area contributed by atoms with Gasteiger partial charge in [0.2, 0.25) is 11.8 Å². The minimum atomic E-state index is -1.17. The van der Waals surface area contributed by atoms with Crippen molar-refractivity contribution in [2.24, 2.45) is 5.10 Å². The minimum absolute atomic E-state index is 0.126. The van der Waals surface area contributed by atoms with Gasteiger partial charge in [-0.1, -0.05) is 0 Å². The molecule has 0 radical (unpaired) electrons. The lowest BCUT2D eigenvalue weighted by Crippen LogP contribution is -2.42. The molecule has 3 amide bonds. The first-order valence-corrected chi connectivity index (χ1v) is 5.11. The van der Waals surface area contributed by atoms with Crippen LogP contribution in [0.25, 0.3) is 0 Å². The van der Waals surface area contributed by atoms with Gasteiger partial charge in [0.1, 0.15) is 12.3 Å². The van der Waals surface area contributed by atoms with Crippen LogP contribution in [0.2, 0.25) is 0 Å². The number of rotatable bonds is 5. The number of hydrazone groups is 1. The fourth-order valence-corrected chi connectivity index (χ4v) is 1.14. The Hall–Kier alpha value is -2.45. The van der Waals surface area contributed by atoms with Gasteiger partial charge in [0.05, 0.1) is 6.54 Å². The minimum Gasteiger partial charge on any atom is -0.480 e. The molecule has 0 aromatic carbocycles. The van der Waals surface area contributed by atoms with Gasteiger partial charge in [-0.25, -0.2) is 5.43 Å². The van der Waals surface area contributed by atoms with E-state index in [1.807, 2.05) is 0 Å². The van der Waals surface area contributed by atoms with Crippen LogP contribution in [-0.2, 0) is 19.2 Å². The third-order valence-corrected chi connectivity index (χ3v) is 2.01. The monoisotopic (exact) mass is 256 g/mol. The van der Waals surface area contributed by atoms with Crippen molar-refractivity contribution in [3.8, 4) is 0 Å². The maximum Gasteiger partial charge on any atom is 0.322 e. The normalized spacial score (nSPS) is 14.2. The molecular weight excluding hydrogens is 244 g/mol. The van der Waals surface area contributed by atoms with E-state index in [1.165, 1.54) is 0 Å². The van der Waals surface area contributed by atoms with Crippen LogP contribution in [0.1, 0.15) is 12.8 Å². The van der Waals surface area contributed by atoms with Crippen molar-refractivity contribution in [2.45, 2.75) is 12.8 Å². The number of nitrogens with zero attached hydrogens (tertiary/aromatic N) is 1. The average Bonchev–Trinajstić information content (AvgIpc) is 2.34. The van der Waals surface area contributed by atoms with Crippen LogP contribution < -0.4 is 16.1 Å². The predicted octanol–water partition coefficient (Wildman–Crippen LogP) is -2.43. The fourth-order valence-electron chi connectivity index (χ4n) is 1.14. The van der Waals surface area contributed by atoms with E-state index in [0.29, 0.717) is 0 Å². The molecule has 0 fully saturated rings. The van der Waals surface area contributed by atoms with E-state index in [0.717, 1.165) is 0 Å². The summed E-state index contributed by atoms with van der Waals surface area (Å²) in [6.45, 7) is -0.856. The zero-order valence-corrected chi connectivity index (χ0v) is 9.36. The van der Waals surface area contributed by atoms with Crippen LogP contribution in [0.4, 0.5) is 0 Å². The molecule has 0 aliphatic carbocycles. The van der Waals surface area contributed by atoms with Crippen molar-refractivity contribution in [1.82, 2.24) is 16.1 Å². The Morgan fingerprint density at radius 3 is 2.50 bits per heavy atom. The first-order chi connectivity index (χ1) is 8.49. The zero-order valence-electron chi connectivity index (χ0n) is 9.36. The average molecular weight is 256 g/mol. The standard InChI is InChI=1S/C9H12N4O5/c14-6-2-1-5(12-13-6)9(18)11-3-7(15)10-4-8(16)17/h1-4H2,(H,10,15)(H,11,18)(H,13,14)(H,16,17). The van der Waals surface area contributed by atoms with Crippen molar-refractivity contribution in [3.05, 3.63) is 0 Å². The van der Waals surface area contributed by atoms with Crippen molar-refractivity contribution in [1.29, 1.82) is 0 Å². The lowest BCUT2D eigenvalue weighted by molar-refractivity contribution is -0.137. The molecule has 9 nitrogen and oxygen atoms in total. The second-order valence-corrected chi connectivity index (χ2v) is 3.45. The van der Waals surface area contributed by atoms with Crippen LogP contribution in [0.5, 0.6) is 0 Å². The summed E-state index contributed by atoms with van der Waals surface area (Å²) in [6, 6.07) is 0. The van der Waals surface area contributed by atoms with Crippen LogP contribution in [-0.4, -0.2) is 47.6 Å². The van der Waals surface area contributed by atoms with Gasteiger partial charge in [-0.05, 0) is 0 Å². The van der Waals surface area contributed by atoms with Gasteiger partial charge in [0.25, 0.3) is 5.91 Å². The summed E-state index contributed by atoms with van der Waals surface area (Å²) >= 11 is 0. The molecule has 0 bridgehead atoms. The van der Waals surface area contributed by atoms with Gasteiger partial charge in [0, 0.05) is 12.8 Å². The molecule has 18 heavy (non-hydrogen) atoms. The summed E-state index contributed by atoms with van der Waals surface area (Å²) in [4.78, 5) is 43.5. The molecule has 0 unspecified atom stereocenters. The highest BCUT2D eigenvalue weighted by atomic mass is 16.4. The van der Waals surface area contributed by atoms with Gasteiger partial charge in [0.15, 0.2) is 0 Å². The van der Waals surface area contributed by atoms with Gasteiger partial charge < -0.3 is 15.7 Å². The molecule has 1 aliphatic rings. The lowest BCUT2D eigenvalue weighted by Gasteiger charge is -2.11. The quantitative estimate of drug-likeness (QED) is 0.433. The second kappa shape index (κ2) is 6.33. The number of hydrogen-bond acceptors (Lipinski definition) is 5. The molecule has 1 aliphatic heterocycles. The number of carbonyl (C=O) groups is 4. The van der Waals surface area contributed by atoms with Gasteiger partial charge in [-0.2, -0.15) is 5.10 Å². The molecule has 98 valence electrons. The fraction of sp³-hybridized carbons (Fsp3) is 0.444. The number of nitrogens with one attached hydrogen (secondary N) is 3. The summed E-state index contributed by atoms with van der Waals surface area (Å²) in [5.74, 6) is -2.63. The Morgan fingerprint density at radius 2 is 1.94 bits per heavy atom. The Labute approximate surface area is 102 Å². The summed E-state index contributed by atoms with van der Waals surface area (Å²) in [5, 5.41) is 16.2. The number of hydrogen-bond donors (Lipinski definition) is 4. The highest BCUT2D eigenvalue weighted by molar-refractivity contribution is 6.39. The topological polar surface area (TPSA) is 137 Å². The van der Waals surface area contributed by atoms with E-state index >= 15 is 0 Å². The van der Waals surface area contributed by atoms with Crippen molar-refractivity contribution in [2.75, 3.05) is 13.1 Å². The van der Waals surface area contributed by atoms with E-state index in [-0.39, 0.29) is 31.0 Å². The molecule has 0 saturated carbocycles. The molecule has 1 heterocycles. The largest absolute Gasteiger partial charge is 0.480 e. The molecule has 0 aromatic rings. The van der Waals surface area contributed by atoms with Crippen LogP contribution in [0, 0.1) is 0 Å². The third-order valence-electron chi connectivity index (χ3n) is 2.01. The van der Waals surface area contributed by atoms with Crippen molar-refractivity contribution in [3.63, 3.8) is 0 Å². The first kappa shape index (κ1) is 13.6. The van der Waals surface area contributed by atoms with Crippen molar-refractivity contribution >= 4 is 29.4 Å². The lowest BCUT2D eigenvalue weighted by atomic mass is 10.1. The molecule has 4 N–H and O–H groups in total. The second-order valence-electron chi connectivity index (χ2n) is 3.45. The third kappa shape index (κ3) is 4.60. The summed E-state index contributed by atoms with van der Waals surface area (Å²) < 4.78 is 0. The maximum absolute atomic E-state index is 11.5. The molecule has 0 atom stereocenters. The highest BCUT2D eigenvalue weighted by Crippen LogP contribution is 1.98. The smallest absolute Gasteiger partial charge is 0.322 e. The van der Waals surface area contributed by atoms with Gasteiger partial charge >= 0.3 is 5.97 Å². The first-order valence-electron chi connectivity index (χ1n) is 5.11. The van der Waals surface area contributed by atoms with E-state index < -0.39 is 24.3 Å². The van der Waals surface area contributed by atoms with Crippen LogP contribution >= 0.6 is 0 Å². The molecule has 9 heteroatoms. The number of aliphatic carboxylic acids is 1. The number of carboxylic acid groups (broad SMARTS) is 1. The zero-order chi connectivity index (χ0) is 13.5. The SMILES string of the molecule is O=C(O)CNC(=O)CNC(=O)C1=NNC(=O)CC1. The molecule has 0 saturated heterocycles. The number of carbonyl (C=O) groups excluding carboxylic acids is 3. The maximum atomic E-state index is 11.5. The Balaban J connectivity index is 2.30. The summed E-state index contributed by atoms with van der Waals surface area (Å²) in [7, 11) is 0. The summed E-state index contributed by atoms with van der Waals surface area (Å²) in [5.41, 5.74) is 2.28. The Kier molecular flexibility index (Phi) is 4.78. The Morgan fingerprint density at radius 1 is 1.22 bits per heavy atom. The Bertz CT molecular complexity index is 417. The highest BCUT2D eigenvalue weighted by Gasteiger charge is 2.18. The van der Waals surface area contributed by atoms with Crippen LogP contribution in [0.3, 0.4) is 0 Å². The van der Waals surface area contributed by atoms with E-state index in [2.05, 4.69) is 21.2 Å². The summed E-state index contributed by atoms with van der Waals surface area (Å²) in [6.07, 6.45) is 0.367. The van der Waals surface area contributed by atoms with Gasteiger partial charge in [-0.3, -0.25) is 19.2 Å². The molecule has 0 aromatic heterocycles.